The van der Waals surface area contributed by atoms with Crippen LogP contribution in [0.4, 0.5) is 0 Å². The Labute approximate surface area is 312 Å². The third-order valence-electron chi connectivity index (χ3n) is 9.33. The molecular weight excluding hydrogens is 750 g/mol. The molecule has 2 rings (SSSR count). The summed E-state index contributed by atoms with van der Waals surface area (Å²) in [5.74, 6) is -4.09. The number of hydrogen-bond donors (Lipinski definition) is 4. The summed E-state index contributed by atoms with van der Waals surface area (Å²) >= 11 is 0. The van der Waals surface area contributed by atoms with Gasteiger partial charge >= 0.3 is 23.9 Å². The second kappa shape index (κ2) is 20.1. The van der Waals surface area contributed by atoms with Crippen LogP contribution in [0.1, 0.15) is 91.3 Å². The molecule has 0 radical (unpaired) electrons. The average Bonchev–Trinajstić information content (AvgIpc) is 2.96. The van der Waals surface area contributed by atoms with Crippen LogP contribution in [0, 0.1) is 39.9 Å². The van der Waals surface area contributed by atoms with E-state index in [1.165, 1.54) is 0 Å². The summed E-state index contributed by atoms with van der Waals surface area (Å²) in [6.07, 6.45) is 2.14. The van der Waals surface area contributed by atoms with E-state index in [1.54, 1.807) is 0 Å². The summed E-state index contributed by atoms with van der Waals surface area (Å²) in [7, 11) is 0. The number of nitrogens with zero attached hydrogens (tertiary/aromatic N) is 4. The predicted octanol–water partition coefficient (Wildman–Crippen LogP) is 3.70. The van der Waals surface area contributed by atoms with Crippen molar-refractivity contribution in [1.82, 2.24) is 19.6 Å². The minimum atomic E-state index is -1.06. The largest absolute Gasteiger partial charge is 0.480 e. The van der Waals surface area contributed by atoms with E-state index in [0.29, 0.717) is 31.2 Å². The maximum atomic E-state index is 13.2. The zero-order valence-electron chi connectivity index (χ0n) is 29.0. The fourth-order valence-electron chi connectivity index (χ4n) is 6.69. The first-order chi connectivity index (χ1) is 21.6. The van der Waals surface area contributed by atoms with E-state index in [1.807, 2.05) is 71.6 Å². The van der Waals surface area contributed by atoms with Crippen LogP contribution in [0.15, 0.2) is 24.3 Å². The first-order valence-electron chi connectivity index (χ1n) is 16.5. The zero-order valence-corrected chi connectivity index (χ0v) is 31.3. The molecular formula is C34H56GdN4O8. The van der Waals surface area contributed by atoms with Gasteiger partial charge in [-0.1, -0.05) is 72.7 Å². The number of carboxylic acid groups (broad SMARTS) is 4. The summed E-state index contributed by atoms with van der Waals surface area (Å²) in [5.41, 5.74) is 1.54. The molecule has 13 heteroatoms. The molecule has 268 valence electrons. The Balaban J connectivity index is 0.0000110. The fraction of sp³-hybridized carbons (Fsp3) is 0.706. The van der Waals surface area contributed by atoms with Gasteiger partial charge in [0, 0.05) is 90.3 Å². The molecule has 0 amide bonds. The molecule has 0 aliphatic carbocycles. The topological polar surface area (TPSA) is 162 Å². The third-order valence-corrected chi connectivity index (χ3v) is 9.33. The molecule has 1 aliphatic heterocycles. The number of benzene rings is 1. The summed E-state index contributed by atoms with van der Waals surface area (Å²) in [6, 6.07) is 5.12. The molecule has 1 unspecified atom stereocenters. The number of carbonyl (C=O) groups is 4. The van der Waals surface area contributed by atoms with Gasteiger partial charge in [0.05, 0.1) is 19.6 Å². The molecule has 0 saturated carbocycles. The normalized spacial score (nSPS) is 23.6. The maximum absolute atomic E-state index is 13.2. The van der Waals surface area contributed by atoms with Gasteiger partial charge in [-0.05, 0) is 42.2 Å². The van der Waals surface area contributed by atoms with E-state index in [-0.39, 0.29) is 109 Å². The Kier molecular flexibility index (Phi) is 18.5. The Morgan fingerprint density at radius 3 is 1.28 bits per heavy atom. The molecule has 12 nitrogen and oxygen atoms in total. The molecule has 4 N–H and O–H groups in total. The molecule has 47 heavy (non-hydrogen) atoms. The van der Waals surface area contributed by atoms with Crippen LogP contribution in [0.25, 0.3) is 0 Å². The zero-order chi connectivity index (χ0) is 34.8. The van der Waals surface area contributed by atoms with Gasteiger partial charge in [-0.2, -0.15) is 0 Å². The SMILES string of the molecule is CC[C@@H]1CN(CC(=O)O)[C@H](CC)CN(C(C(=O)O)c2ccc(C(C)(C)C)cc2)[C@H](CC)CN(CC(=O)O)[C@H](CC)CN1CC(=O)O.[Gd]. The standard InChI is InChI=1S/C34H56N4O8.Gd/c1-8-25-17-36(21-30(41)42)27(10-3)19-38(32(33(45)46)23-12-14-24(15-13-23)34(5,6)7)28(11-4)18-37(22-31(43)44)26(9-2)16-35(25)20-29(39)40;/h12-15,25-28,32H,8-11,16-22H2,1-7H3,(H,39,40)(H,41,42)(H,43,44)(H,45,46);/t25-,26-,27-,28-,32?;/m1./s1. The van der Waals surface area contributed by atoms with E-state index in [0.717, 1.165) is 5.56 Å². The number of carboxylic acids is 4. The molecule has 1 fully saturated rings. The van der Waals surface area contributed by atoms with Crippen LogP contribution in [0.2, 0.25) is 0 Å². The first kappa shape index (κ1) is 43.3. The Bertz CT molecular complexity index is 1150. The van der Waals surface area contributed by atoms with E-state index in [4.69, 9.17) is 0 Å². The molecule has 1 saturated heterocycles. The van der Waals surface area contributed by atoms with Crippen molar-refractivity contribution in [2.75, 3.05) is 45.8 Å². The second-order valence-electron chi connectivity index (χ2n) is 13.5. The van der Waals surface area contributed by atoms with Gasteiger partial charge in [0.2, 0.25) is 0 Å². The molecule has 1 heterocycles. The van der Waals surface area contributed by atoms with E-state index in [9.17, 15) is 39.6 Å². The van der Waals surface area contributed by atoms with Crippen molar-refractivity contribution in [3.63, 3.8) is 0 Å². The van der Waals surface area contributed by atoms with Gasteiger partial charge in [-0.3, -0.25) is 38.8 Å². The maximum Gasteiger partial charge on any atom is 0.325 e. The van der Waals surface area contributed by atoms with Crippen molar-refractivity contribution in [1.29, 1.82) is 0 Å². The van der Waals surface area contributed by atoms with Crippen molar-refractivity contribution in [3.05, 3.63) is 35.4 Å². The monoisotopic (exact) mass is 806 g/mol. The molecule has 1 aromatic rings. The van der Waals surface area contributed by atoms with Crippen LogP contribution in [0.5, 0.6) is 0 Å². The van der Waals surface area contributed by atoms with Crippen LogP contribution in [-0.2, 0) is 24.6 Å². The molecule has 0 spiro atoms. The van der Waals surface area contributed by atoms with Crippen molar-refractivity contribution in [3.8, 4) is 0 Å². The van der Waals surface area contributed by atoms with Crippen molar-refractivity contribution in [2.45, 2.75) is 110 Å². The number of rotatable bonds is 13. The van der Waals surface area contributed by atoms with E-state index in [2.05, 4.69) is 20.8 Å². The third kappa shape index (κ3) is 12.9. The average molecular weight is 806 g/mol. The van der Waals surface area contributed by atoms with Gasteiger partial charge in [0.15, 0.2) is 0 Å². The Morgan fingerprint density at radius 1 is 0.638 bits per heavy atom. The molecule has 0 bridgehead atoms. The smallest absolute Gasteiger partial charge is 0.325 e. The first-order valence-corrected chi connectivity index (χ1v) is 16.5. The van der Waals surface area contributed by atoms with Crippen LogP contribution in [0.3, 0.4) is 0 Å². The van der Waals surface area contributed by atoms with Gasteiger partial charge < -0.3 is 20.4 Å². The Hall–Kier alpha value is -1.74. The van der Waals surface area contributed by atoms with Gasteiger partial charge in [0.25, 0.3) is 0 Å². The molecule has 5 atom stereocenters. The van der Waals surface area contributed by atoms with Crippen molar-refractivity contribution < 1.29 is 79.5 Å². The van der Waals surface area contributed by atoms with Gasteiger partial charge in [-0.25, -0.2) is 0 Å². The fourth-order valence-corrected chi connectivity index (χ4v) is 6.69. The summed E-state index contributed by atoms with van der Waals surface area (Å²) in [5, 5.41) is 40.5. The Morgan fingerprint density at radius 2 is 0.979 bits per heavy atom. The second-order valence-corrected chi connectivity index (χ2v) is 13.5. The van der Waals surface area contributed by atoms with Gasteiger partial charge in [-0.15, -0.1) is 0 Å². The summed E-state index contributed by atoms with van der Waals surface area (Å²) in [4.78, 5) is 57.0. The minimum absolute atomic E-state index is 0. The molecule has 1 aromatic carbocycles. The van der Waals surface area contributed by atoms with Crippen molar-refractivity contribution >= 4 is 23.9 Å². The summed E-state index contributed by atoms with van der Waals surface area (Å²) in [6.45, 7) is 14.2. The molecule has 1 aliphatic rings. The van der Waals surface area contributed by atoms with Crippen molar-refractivity contribution in [2.24, 2.45) is 0 Å². The van der Waals surface area contributed by atoms with Crippen LogP contribution in [-0.4, -0.2) is 134 Å². The van der Waals surface area contributed by atoms with E-state index < -0.39 is 36.0 Å². The number of aliphatic carboxylic acids is 4. The van der Waals surface area contributed by atoms with Crippen LogP contribution < -0.4 is 0 Å². The summed E-state index contributed by atoms with van der Waals surface area (Å²) < 4.78 is 0. The number of hydrogen-bond acceptors (Lipinski definition) is 8. The van der Waals surface area contributed by atoms with Crippen LogP contribution >= 0.6 is 0 Å². The predicted molar refractivity (Wildman–Crippen MR) is 176 cm³/mol. The van der Waals surface area contributed by atoms with Gasteiger partial charge in [0.1, 0.15) is 6.04 Å². The molecule has 0 aromatic heterocycles. The quantitative estimate of drug-likeness (QED) is 0.229. The van der Waals surface area contributed by atoms with E-state index >= 15 is 0 Å². The minimum Gasteiger partial charge on any atom is -0.480 e.